The standard InChI is InChI=1S/C17H18ClFN2O/c1-17(21(3)16(22)20-2,12-7-5-4-6-8-12)13-9-10-15(19)14(18)11-13/h4-11H,1-3H3,(H,20,22)/t17-/m0/s1. The first-order valence-corrected chi connectivity index (χ1v) is 7.25. The molecule has 1 atom stereocenters. The fourth-order valence-corrected chi connectivity index (χ4v) is 2.67. The topological polar surface area (TPSA) is 32.3 Å². The number of rotatable bonds is 3. The number of halogens is 2. The molecule has 0 saturated heterocycles. The third kappa shape index (κ3) is 2.79. The van der Waals surface area contributed by atoms with Crippen LogP contribution in [-0.2, 0) is 5.54 Å². The van der Waals surface area contributed by atoms with E-state index in [1.807, 2.05) is 37.3 Å². The van der Waals surface area contributed by atoms with E-state index < -0.39 is 11.4 Å². The summed E-state index contributed by atoms with van der Waals surface area (Å²) in [6, 6.07) is 13.8. The maximum absolute atomic E-state index is 13.5. The molecule has 0 heterocycles. The summed E-state index contributed by atoms with van der Waals surface area (Å²) < 4.78 is 13.5. The fraction of sp³-hybridized carbons (Fsp3) is 0.235. The average molecular weight is 321 g/mol. The third-order valence-electron chi connectivity index (χ3n) is 4.01. The number of amides is 2. The number of nitrogens with zero attached hydrogens (tertiary/aromatic N) is 1. The van der Waals surface area contributed by atoms with E-state index in [-0.39, 0.29) is 11.1 Å². The van der Waals surface area contributed by atoms with Crippen molar-refractivity contribution in [1.29, 1.82) is 0 Å². The number of carbonyl (C=O) groups is 1. The molecule has 2 amide bonds. The number of urea groups is 1. The first-order valence-electron chi connectivity index (χ1n) is 6.88. The van der Waals surface area contributed by atoms with Gasteiger partial charge < -0.3 is 10.2 Å². The summed E-state index contributed by atoms with van der Waals surface area (Å²) in [5.41, 5.74) is 0.860. The number of carbonyl (C=O) groups excluding carboxylic acids is 1. The van der Waals surface area contributed by atoms with Crippen molar-refractivity contribution in [1.82, 2.24) is 10.2 Å². The highest BCUT2D eigenvalue weighted by atomic mass is 35.5. The van der Waals surface area contributed by atoms with Crippen molar-refractivity contribution in [3.05, 3.63) is 70.5 Å². The van der Waals surface area contributed by atoms with E-state index in [1.54, 1.807) is 31.1 Å². The van der Waals surface area contributed by atoms with Crippen molar-refractivity contribution in [3.63, 3.8) is 0 Å². The predicted molar refractivity (Wildman–Crippen MR) is 86.5 cm³/mol. The molecule has 0 aliphatic heterocycles. The van der Waals surface area contributed by atoms with E-state index in [2.05, 4.69) is 5.32 Å². The Bertz CT molecular complexity index is 678. The van der Waals surface area contributed by atoms with Gasteiger partial charge in [0, 0.05) is 14.1 Å². The largest absolute Gasteiger partial charge is 0.341 e. The lowest BCUT2D eigenvalue weighted by molar-refractivity contribution is 0.168. The van der Waals surface area contributed by atoms with Gasteiger partial charge in [-0.3, -0.25) is 0 Å². The van der Waals surface area contributed by atoms with Crippen LogP contribution in [-0.4, -0.2) is 25.0 Å². The Morgan fingerprint density at radius 2 is 1.82 bits per heavy atom. The molecule has 0 aliphatic rings. The van der Waals surface area contributed by atoms with Crippen LogP contribution in [0.3, 0.4) is 0 Å². The molecule has 0 radical (unpaired) electrons. The molecule has 1 N–H and O–H groups in total. The summed E-state index contributed by atoms with van der Waals surface area (Å²) >= 11 is 5.93. The second kappa shape index (κ2) is 6.36. The van der Waals surface area contributed by atoms with Gasteiger partial charge in [0.25, 0.3) is 0 Å². The quantitative estimate of drug-likeness (QED) is 0.910. The molecule has 2 aromatic carbocycles. The van der Waals surface area contributed by atoms with Gasteiger partial charge in [0.2, 0.25) is 0 Å². The Hall–Kier alpha value is -2.07. The lowest BCUT2D eigenvalue weighted by Crippen LogP contribution is -2.49. The van der Waals surface area contributed by atoms with Crippen LogP contribution in [0.25, 0.3) is 0 Å². The molecule has 0 bridgehead atoms. The Kier molecular flexibility index (Phi) is 4.71. The first kappa shape index (κ1) is 16.3. The maximum atomic E-state index is 13.5. The second-order valence-corrected chi connectivity index (χ2v) is 5.59. The van der Waals surface area contributed by atoms with Crippen LogP contribution >= 0.6 is 11.6 Å². The summed E-state index contributed by atoms with van der Waals surface area (Å²) in [7, 11) is 3.27. The fourth-order valence-electron chi connectivity index (χ4n) is 2.49. The van der Waals surface area contributed by atoms with Crippen LogP contribution in [0.2, 0.25) is 5.02 Å². The van der Waals surface area contributed by atoms with Gasteiger partial charge in [0.15, 0.2) is 0 Å². The molecule has 2 aromatic rings. The first-order chi connectivity index (χ1) is 10.4. The molecule has 3 nitrogen and oxygen atoms in total. The van der Waals surface area contributed by atoms with Gasteiger partial charge in [-0.2, -0.15) is 0 Å². The highest BCUT2D eigenvalue weighted by Gasteiger charge is 2.36. The SMILES string of the molecule is CNC(=O)N(C)[C@@](C)(c1ccccc1)c1ccc(F)c(Cl)c1. The van der Waals surface area contributed by atoms with Crippen LogP contribution in [0.15, 0.2) is 48.5 Å². The van der Waals surface area contributed by atoms with Gasteiger partial charge >= 0.3 is 6.03 Å². The molecular formula is C17H18ClFN2O. The Labute approximate surface area is 134 Å². The Morgan fingerprint density at radius 1 is 1.18 bits per heavy atom. The van der Waals surface area contributed by atoms with E-state index in [0.29, 0.717) is 0 Å². The van der Waals surface area contributed by atoms with E-state index in [4.69, 9.17) is 11.6 Å². The van der Waals surface area contributed by atoms with E-state index in [0.717, 1.165) is 11.1 Å². The molecule has 0 spiro atoms. The van der Waals surface area contributed by atoms with Gasteiger partial charge in [0.1, 0.15) is 5.82 Å². The molecule has 2 rings (SSSR count). The number of hydrogen-bond donors (Lipinski definition) is 1. The molecule has 22 heavy (non-hydrogen) atoms. The summed E-state index contributed by atoms with van der Waals surface area (Å²) in [6.45, 7) is 1.90. The average Bonchev–Trinajstić information content (AvgIpc) is 2.56. The Morgan fingerprint density at radius 3 is 2.36 bits per heavy atom. The highest BCUT2D eigenvalue weighted by Crippen LogP contribution is 2.36. The van der Waals surface area contributed by atoms with Gasteiger partial charge in [0.05, 0.1) is 10.6 Å². The van der Waals surface area contributed by atoms with Crippen molar-refractivity contribution in [2.24, 2.45) is 0 Å². The van der Waals surface area contributed by atoms with E-state index >= 15 is 0 Å². The lowest BCUT2D eigenvalue weighted by Gasteiger charge is -2.39. The Balaban J connectivity index is 2.64. The van der Waals surface area contributed by atoms with E-state index in [9.17, 15) is 9.18 Å². The molecule has 0 aliphatic carbocycles. The summed E-state index contributed by atoms with van der Waals surface area (Å²) in [4.78, 5) is 13.7. The van der Waals surface area contributed by atoms with Gasteiger partial charge in [-0.1, -0.05) is 48.0 Å². The lowest BCUT2D eigenvalue weighted by atomic mass is 9.83. The molecule has 0 unspecified atom stereocenters. The van der Waals surface area contributed by atoms with Crippen LogP contribution in [0.5, 0.6) is 0 Å². The minimum absolute atomic E-state index is 0.0324. The summed E-state index contributed by atoms with van der Waals surface area (Å²) in [6.07, 6.45) is 0. The van der Waals surface area contributed by atoms with Crippen molar-refractivity contribution < 1.29 is 9.18 Å². The third-order valence-corrected chi connectivity index (χ3v) is 4.30. The minimum Gasteiger partial charge on any atom is -0.341 e. The summed E-state index contributed by atoms with van der Waals surface area (Å²) in [5, 5.41) is 2.65. The predicted octanol–water partition coefficient (Wildman–Crippen LogP) is 4.01. The molecule has 0 aromatic heterocycles. The van der Waals surface area contributed by atoms with Crippen molar-refractivity contribution in [2.45, 2.75) is 12.5 Å². The van der Waals surface area contributed by atoms with Crippen molar-refractivity contribution in [3.8, 4) is 0 Å². The van der Waals surface area contributed by atoms with Gasteiger partial charge in [-0.05, 0) is 30.2 Å². The van der Waals surface area contributed by atoms with Crippen LogP contribution in [0.4, 0.5) is 9.18 Å². The second-order valence-electron chi connectivity index (χ2n) is 5.18. The molecule has 0 fully saturated rings. The van der Waals surface area contributed by atoms with Crippen LogP contribution in [0, 0.1) is 5.82 Å². The molecule has 0 saturated carbocycles. The van der Waals surface area contributed by atoms with Crippen LogP contribution in [0.1, 0.15) is 18.1 Å². The number of hydrogen-bond acceptors (Lipinski definition) is 1. The zero-order valence-corrected chi connectivity index (χ0v) is 13.5. The number of benzene rings is 2. The van der Waals surface area contributed by atoms with Crippen molar-refractivity contribution in [2.75, 3.05) is 14.1 Å². The normalized spacial score (nSPS) is 13.3. The monoisotopic (exact) mass is 320 g/mol. The van der Waals surface area contributed by atoms with Crippen molar-refractivity contribution >= 4 is 17.6 Å². The molecular weight excluding hydrogens is 303 g/mol. The minimum atomic E-state index is -0.779. The van der Waals surface area contributed by atoms with E-state index in [1.165, 1.54) is 6.07 Å². The molecule has 5 heteroatoms. The van der Waals surface area contributed by atoms with Gasteiger partial charge in [-0.25, -0.2) is 9.18 Å². The van der Waals surface area contributed by atoms with Gasteiger partial charge in [-0.15, -0.1) is 0 Å². The smallest absolute Gasteiger partial charge is 0.317 e. The number of nitrogens with one attached hydrogen (secondary N) is 1. The highest BCUT2D eigenvalue weighted by molar-refractivity contribution is 6.30. The zero-order chi connectivity index (χ0) is 16.3. The molecule has 116 valence electrons. The zero-order valence-electron chi connectivity index (χ0n) is 12.7. The summed E-state index contributed by atoms with van der Waals surface area (Å²) in [5.74, 6) is -0.483. The van der Waals surface area contributed by atoms with Crippen LogP contribution < -0.4 is 5.32 Å². The maximum Gasteiger partial charge on any atom is 0.317 e.